The fourth-order valence-corrected chi connectivity index (χ4v) is 3.52. The van der Waals surface area contributed by atoms with Gasteiger partial charge in [0.05, 0.1) is 10.6 Å². The van der Waals surface area contributed by atoms with Gasteiger partial charge in [0.1, 0.15) is 5.75 Å². The van der Waals surface area contributed by atoms with Crippen LogP contribution in [0, 0.1) is 13.8 Å². The number of hydrogen-bond acceptors (Lipinski definition) is 4. The molecule has 0 aliphatic heterocycles. The number of sulfonamides is 1. The van der Waals surface area contributed by atoms with Crippen LogP contribution in [0.4, 0.5) is 5.69 Å². The zero-order valence-corrected chi connectivity index (χ0v) is 14.4. The van der Waals surface area contributed by atoms with E-state index in [1.54, 1.807) is 37.3 Å². The van der Waals surface area contributed by atoms with Crippen molar-refractivity contribution in [2.75, 3.05) is 11.9 Å². The van der Waals surface area contributed by atoms with E-state index < -0.39 is 10.0 Å². The number of phenolic OH excluding ortho intramolecular Hbond substituents is 1. The number of aromatic hydroxyl groups is 1. The molecule has 0 unspecified atom stereocenters. The lowest BCUT2D eigenvalue weighted by molar-refractivity contribution is -0.116. The molecule has 6 nitrogen and oxygen atoms in total. The lowest BCUT2D eigenvalue weighted by atomic mass is 10.2. The molecule has 0 aromatic heterocycles. The molecule has 128 valence electrons. The van der Waals surface area contributed by atoms with Gasteiger partial charge >= 0.3 is 0 Å². The maximum Gasteiger partial charge on any atom is 0.240 e. The van der Waals surface area contributed by atoms with Crippen LogP contribution in [-0.2, 0) is 14.8 Å². The average molecular weight is 348 g/mol. The number of benzene rings is 2. The maximum absolute atomic E-state index is 12.3. The molecule has 0 saturated carbocycles. The van der Waals surface area contributed by atoms with Crippen molar-refractivity contribution in [3.8, 4) is 5.75 Å². The quantitative estimate of drug-likeness (QED) is 0.698. The molecule has 0 spiro atoms. The van der Waals surface area contributed by atoms with Crippen LogP contribution >= 0.6 is 0 Å². The number of para-hydroxylation sites is 2. The van der Waals surface area contributed by atoms with Crippen LogP contribution in [-0.4, -0.2) is 26.0 Å². The standard InChI is InChI=1S/C17H20N2O4S/c1-12-7-8-13(2)16(11-12)24(22,23)18-10-9-17(21)19-14-5-3-4-6-15(14)20/h3-8,11,18,20H,9-10H2,1-2H3,(H,19,21). The zero-order valence-electron chi connectivity index (χ0n) is 13.5. The Bertz CT molecular complexity index is 847. The third-order valence-corrected chi connectivity index (χ3v) is 5.06. The SMILES string of the molecule is Cc1ccc(C)c(S(=O)(=O)NCCC(=O)Nc2ccccc2O)c1. The van der Waals surface area contributed by atoms with Crippen LogP contribution in [0.25, 0.3) is 0 Å². The molecule has 0 atom stereocenters. The summed E-state index contributed by atoms with van der Waals surface area (Å²) in [5.41, 5.74) is 1.78. The van der Waals surface area contributed by atoms with Crippen LogP contribution in [0.1, 0.15) is 17.5 Å². The van der Waals surface area contributed by atoms with Gasteiger partial charge in [-0.25, -0.2) is 13.1 Å². The Morgan fingerprint density at radius 1 is 1.12 bits per heavy atom. The summed E-state index contributed by atoms with van der Waals surface area (Å²) in [4.78, 5) is 12.1. The number of hydrogen-bond donors (Lipinski definition) is 3. The van der Waals surface area contributed by atoms with Gasteiger partial charge < -0.3 is 10.4 Å². The first-order valence-electron chi connectivity index (χ1n) is 7.44. The monoisotopic (exact) mass is 348 g/mol. The summed E-state index contributed by atoms with van der Waals surface area (Å²) in [6, 6.07) is 11.5. The topological polar surface area (TPSA) is 95.5 Å². The van der Waals surface area contributed by atoms with E-state index >= 15 is 0 Å². The van der Waals surface area contributed by atoms with Gasteiger partial charge in [0.15, 0.2) is 0 Å². The van der Waals surface area contributed by atoms with E-state index in [9.17, 15) is 18.3 Å². The van der Waals surface area contributed by atoms with Crippen LogP contribution in [0.15, 0.2) is 47.4 Å². The smallest absolute Gasteiger partial charge is 0.240 e. The summed E-state index contributed by atoms with van der Waals surface area (Å²) < 4.78 is 27.1. The van der Waals surface area contributed by atoms with E-state index in [4.69, 9.17) is 0 Å². The third kappa shape index (κ3) is 4.56. The molecular weight excluding hydrogens is 328 g/mol. The minimum atomic E-state index is -3.67. The number of anilines is 1. The molecule has 2 aromatic rings. The normalized spacial score (nSPS) is 11.2. The first kappa shape index (κ1) is 18.0. The Hall–Kier alpha value is -2.38. The number of aryl methyl sites for hydroxylation is 2. The van der Waals surface area contributed by atoms with Crippen molar-refractivity contribution in [3.05, 3.63) is 53.6 Å². The summed E-state index contributed by atoms with van der Waals surface area (Å²) in [6.07, 6.45) is -0.0432. The summed E-state index contributed by atoms with van der Waals surface area (Å²) in [7, 11) is -3.67. The van der Waals surface area contributed by atoms with E-state index in [2.05, 4.69) is 10.0 Å². The molecule has 0 radical (unpaired) electrons. The molecule has 0 fully saturated rings. The van der Waals surface area contributed by atoms with Gasteiger partial charge in [0.25, 0.3) is 0 Å². The first-order chi connectivity index (χ1) is 11.3. The highest BCUT2D eigenvalue weighted by molar-refractivity contribution is 7.89. The predicted molar refractivity (Wildman–Crippen MR) is 92.5 cm³/mol. The first-order valence-corrected chi connectivity index (χ1v) is 8.92. The molecule has 1 amide bonds. The maximum atomic E-state index is 12.3. The second kappa shape index (κ2) is 7.46. The Morgan fingerprint density at radius 3 is 2.54 bits per heavy atom. The van der Waals surface area contributed by atoms with Gasteiger partial charge in [0, 0.05) is 13.0 Å². The molecule has 0 saturated heterocycles. The van der Waals surface area contributed by atoms with Crippen molar-refractivity contribution in [2.24, 2.45) is 0 Å². The average Bonchev–Trinajstić information content (AvgIpc) is 2.51. The van der Waals surface area contributed by atoms with Crippen molar-refractivity contribution >= 4 is 21.6 Å². The fraction of sp³-hybridized carbons (Fsp3) is 0.235. The third-order valence-electron chi connectivity index (χ3n) is 3.46. The highest BCUT2D eigenvalue weighted by atomic mass is 32.2. The molecule has 7 heteroatoms. The number of rotatable bonds is 6. The predicted octanol–water partition coefficient (Wildman–Crippen LogP) is 2.32. The summed E-state index contributed by atoms with van der Waals surface area (Å²) >= 11 is 0. The van der Waals surface area contributed by atoms with E-state index in [1.807, 2.05) is 13.0 Å². The second-order valence-corrected chi connectivity index (χ2v) is 7.22. The summed E-state index contributed by atoms with van der Waals surface area (Å²) in [6.45, 7) is 3.51. The molecule has 0 bridgehead atoms. The van der Waals surface area contributed by atoms with Crippen LogP contribution in [0.3, 0.4) is 0 Å². The van der Waals surface area contributed by atoms with Crippen molar-refractivity contribution in [2.45, 2.75) is 25.2 Å². The fourth-order valence-electron chi connectivity index (χ4n) is 2.17. The lowest BCUT2D eigenvalue weighted by Crippen LogP contribution is -2.28. The summed E-state index contributed by atoms with van der Waals surface area (Å²) in [5, 5.41) is 12.1. The number of carbonyl (C=O) groups excluding carboxylic acids is 1. The minimum absolute atomic E-state index is 0.0326. The van der Waals surface area contributed by atoms with Crippen molar-refractivity contribution in [3.63, 3.8) is 0 Å². The van der Waals surface area contributed by atoms with Gasteiger partial charge in [-0.15, -0.1) is 0 Å². The largest absolute Gasteiger partial charge is 0.506 e. The summed E-state index contributed by atoms with van der Waals surface area (Å²) in [5.74, 6) is -0.429. The number of phenols is 1. The van der Waals surface area contributed by atoms with E-state index in [0.29, 0.717) is 11.3 Å². The minimum Gasteiger partial charge on any atom is -0.506 e. The zero-order chi connectivity index (χ0) is 17.7. The van der Waals surface area contributed by atoms with Gasteiger partial charge in [-0.2, -0.15) is 0 Å². The van der Waals surface area contributed by atoms with Gasteiger partial charge in [-0.3, -0.25) is 4.79 Å². The number of carbonyl (C=O) groups is 1. The molecule has 3 N–H and O–H groups in total. The van der Waals surface area contributed by atoms with Gasteiger partial charge in [-0.05, 0) is 43.2 Å². The van der Waals surface area contributed by atoms with Crippen LogP contribution < -0.4 is 10.0 Å². The number of amides is 1. The lowest BCUT2D eigenvalue weighted by Gasteiger charge is -2.10. The molecule has 0 aliphatic carbocycles. The molecule has 24 heavy (non-hydrogen) atoms. The van der Waals surface area contributed by atoms with Crippen molar-refractivity contribution in [1.29, 1.82) is 0 Å². The molecular formula is C17H20N2O4S. The van der Waals surface area contributed by atoms with E-state index in [0.717, 1.165) is 5.56 Å². The highest BCUT2D eigenvalue weighted by Crippen LogP contribution is 2.21. The van der Waals surface area contributed by atoms with Crippen LogP contribution in [0.5, 0.6) is 5.75 Å². The second-order valence-electron chi connectivity index (χ2n) is 5.48. The number of nitrogens with one attached hydrogen (secondary N) is 2. The highest BCUT2D eigenvalue weighted by Gasteiger charge is 2.17. The van der Waals surface area contributed by atoms with Crippen molar-refractivity contribution < 1.29 is 18.3 Å². The van der Waals surface area contributed by atoms with Gasteiger partial charge in [-0.1, -0.05) is 24.3 Å². The molecule has 0 aliphatic rings. The van der Waals surface area contributed by atoms with Crippen LogP contribution in [0.2, 0.25) is 0 Å². The Kier molecular flexibility index (Phi) is 5.58. The Morgan fingerprint density at radius 2 is 1.83 bits per heavy atom. The molecule has 2 rings (SSSR count). The van der Waals surface area contributed by atoms with Gasteiger partial charge in [0.2, 0.25) is 15.9 Å². The molecule has 2 aromatic carbocycles. The Labute approximate surface area is 141 Å². The Balaban J connectivity index is 1.94. The van der Waals surface area contributed by atoms with E-state index in [1.165, 1.54) is 6.07 Å². The van der Waals surface area contributed by atoms with E-state index in [-0.39, 0.29) is 29.5 Å². The molecule has 0 heterocycles. The van der Waals surface area contributed by atoms with Crippen molar-refractivity contribution in [1.82, 2.24) is 4.72 Å².